The summed E-state index contributed by atoms with van der Waals surface area (Å²) >= 11 is 4.39. The second kappa shape index (κ2) is 6.78. The van der Waals surface area contributed by atoms with Gasteiger partial charge in [0, 0.05) is 10.5 Å². The molecule has 1 N–H and O–H groups in total. The molecule has 10 heteroatoms. The lowest BCUT2D eigenvalue weighted by molar-refractivity contribution is 0.0697. The third kappa shape index (κ3) is 3.11. The molecule has 0 spiro atoms. The second-order valence-corrected chi connectivity index (χ2v) is 8.61. The molecule has 1 aromatic heterocycles. The van der Waals surface area contributed by atoms with Crippen molar-refractivity contribution in [3.05, 3.63) is 53.6 Å². The first kappa shape index (κ1) is 17.1. The number of hydrogen-bond acceptors (Lipinski definition) is 9. The van der Waals surface area contributed by atoms with Crippen molar-refractivity contribution in [3.63, 3.8) is 0 Å². The number of thiazole rings is 1. The SMILES string of the molecule is CSc1ccc(C2(Sc3nc4ccc(C(=O)O)cc4s3)N=NN=N2)cc1. The standard InChI is InChI=1S/C16H11N5O2S3/c1-24-11-5-3-10(4-6-11)16(18-20-21-19-16)26-15-17-12-7-2-9(14(22)23)8-13(12)25-15/h2-8H,1H3,(H,22,23). The van der Waals surface area contributed by atoms with E-state index in [-0.39, 0.29) is 5.56 Å². The van der Waals surface area contributed by atoms with Gasteiger partial charge in [-0.1, -0.05) is 12.1 Å². The third-order valence-electron chi connectivity index (χ3n) is 3.71. The average Bonchev–Trinajstić information content (AvgIpc) is 3.28. The molecule has 0 saturated heterocycles. The lowest BCUT2D eigenvalue weighted by Crippen LogP contribution is -2.13. The van der Waals surface area contributed by atoms with E-state index in [2.05, 4.69) is 25.7 Å². The van der Waals surface area contributed by atoms with Crippen LogP contribution < -0.4 is 0 Å². The Morgan fingerprint density at radius 2 is 1.85 bits per heavy atom. The highest BCUT2D eigenvalue weighted by Crippen LogP contribution is 2.48. The van der Waals surface area contributed by atoms with Gasteiger partial charge in [-0.3, -0.25) is 0 Å². The maximum atomic E-state index is 11.1. The zero-order chi connectivity index (χ0) is 18.1. The number of aromatic nitrogens is 1. The Bertz CT molecular complexity index is 1030. The second-order valence-electron chi connectivity index (χ2n) is 5.29. The summed E-state index contributed by atoms with van der Waals surface area (Å²) in [6.07, 6.45) is 2.01. The molecule has 0 aliphatic carbocycles. The van der Waals surface area contributed by atoms with Crippen molar-refractivity contribution in [1.29, 1.82) is 0 Å². The molecule has 0 unspecified atom stereocenters. The van der Waals surface area contributed by atoms with Crippen molar-refractivity contribution < 1.29 is 9.90 Å². The Hall–Kier alpha value is -2.30. The van der Waals surface area contributed by atoms with Crippen molar-refractivity contribution in [2.24, 2.45) is 20.7 Å². The Balaban J connectivity index is 1.70. The first-order valence-electron chi connectivity index (χ1n) is 7.41. The molecule has 2 aromatic carbocycles. The molecule has 130 valence electrons. The van der Waals surface area contributed by atoms with E-state index < -0.39 is 11.0 Å². The number of aromatic carboxylic acids is 1. The normalized spacial score (nSPS) is 15.0. The van der Waals surface area contributed by atoms with E-state index in [1.165, 1.54) is 23.1 Å². The number of fused-ring (bicyclic) bond motifs is 1. The Morgan fingerprint density at radius 1 is 1.12 bits per heavy atom. The molecular weight excluding hydrogens is 390 g/mol. The van der Waals surface area contributed by atoms with Gasteiger partial charge in [0.1, 0.15) is 0 Å². The molecule has 0 fully saturated rings. The fraction of sp³-hybridized carbons (Fsp3) is 0.125. The number of thioether (sulfide) groups is 2. The number of rotatable bonds is 5. The van der Waals surface area contributed by atoms with Crippen LogP contribution in [0.4, 0.5) is 0 Å². The van der Waals surface area contributed by atoms with Crippen LogP contribution in [0.15, 0.2) is 72.4 Å². The van der Waals surface area contributed by atoms with Gasteiger partial charge in [0.15, 0.2) is 4.34 Å². The quantitative estimate of drug-likeness (QED) is 0.573. The summed E-state index contributed by atoms with van der Waals surface area (Å²) in [5.41, 5.74) is 1.83. The molecule has 2 heterocycles. The lowest BCUT2D eigenvalue weighted by Gasteiger charge is -2.18. The zero-order valence-electron chi connectivity index (χ0n) is 13.4. The van der Waals surface area contributed by atoms with E-state index in [9.17, 15) is 4.79 Å². The number of nitrogens with zero attached hydrogens (tertiary/aromatic N) is 5. The fourth-order valence-electron chi connectivity index (χ4n) is 2.41. The summed E-state index contributed by atoms with van der Waals surface area (Å²) in [4.78, 5) is 15.8. The molecule has 0 saturated carbocycles. The number of carboxylic acids is 1. The molecule has 1 aliphatic rings. The van der Waals surface area contributed by atoms with Gasteiger partial charge < -0.3 is 5.11 Å². The summed E-state index contributed by atoms with van der Waals surface area (Å²) in [6, 6.07) is 12.8. The van der Waals surface area contributed by atoms with Gasteiger partial charge in [-0.25, -0.2) is 9.78 Å². The van der Waals surface area contributed by atoms with Crippen molar-refractivity contribution in [3.8, 4) is 0 Å². The number of carboxylic acid groups (broad SMARTS) is 1. The highest BCUT2D eigenvalue weighted by atomic mass is 32.2. The van der Waals surface area contributed by atoms with Crippen molar-refractivity contribution in [1.82, 2.24) is 4.98 Å². The van der Waals surface area contributed by atoms with Crippen LogP contribution >= 0.6 is 34.9 Å². The van der Waals surface area contributed by atoms with Crippen LogP contribution in [0.25, 0.3) is 10.2 Å². The Kier molecular flexibility index (Phi) is 4.47. The predicted molar refractivity (Wildman–Crippen MR) is 102 cm³/mol. The molecular formula is C16H11N5O2S3. The predicted octanol–water partition coefficient (Wildman–Crippen LogP) is 5.45. The number of benzene rings is 2. The van der Waals surface area contributed by atoms with E-state index in [0.717, 1.165) is 25.0 Å². The van der Waals surface area contributed by atoms with Gasteiger partial charge in [-0.05, 0) is 58.8 Å². The van der Waals surface area contributed by atoms with Crippen LogP contribution in [0, 0.1) is 0 Å². The van der Waals surface area contributed by atoms with Crippen molar-refractivity contribution in [2.45, 2.75) is 14.2 Å². The number of hydrogen-bond donors (Lipinski definition) is 1. The largest absolute Gasteiger partial charge is 0.478 e. The summed E-state index contributed by atoms with van der Waals surface area (Å²) in [5, 5.41) is 25.0. The molecule has 4 rings (SSSR count). The van der Waals surface area contributed by atoms with Crippen LogP contribution in [0.3, 0.4) is 0 Å². The minimum Gasteiger partial charge on any atom is -0.478 e. The van der Waals surface area contributed by atoms with Gasteiger partial charge in [0.2, 0.25) is 0 Å². The van der Waals surface area contributed by atoms with E-state index in [1.807, 2.05) is 30.5 Å². The minimum atomic E-state index is -1.000. The summed E-state index contributed by atoms with van der Waals surface area (Å²) < 4.78 is 1.52. The van der Waals surface area contributed by atoms with Gasteiger partial charge in [0.25, 0.3) is 4.99 Å². The van der Waals surface area contributed by atoms with Gasteiger partial charge in [0.05, 0.1) is 15.8 Å². The topological polar surface area (TPSA) is 99.6 Å². The molecule has 7 nitrogen and oxygen atoms in total. The Morgan fingerprint density at radius 3 is 2.50 bits per heavy atom. The van der Waals surface area contributed by atoms with Gasteiger partial charge in [-0.15, -0.1) is 33.3 Å². The highest BCUT2D eigenvalue weighted by molar-refractivity contribution is 8.02. The molecule has 3 aromatic rings. The first-order valence-corrected chi connectivity index (χ1v) is 10.3. The zero-order valence-corrected chi connectivity index (χ0v) is 15.8. The first-order chi connectivity index (χ1) is 12.6. The lowest BCUT2D eigenvalue weighted by atomic mass is 10.2. The van der Waals surface area contributed by atoms with Crippen molar-refractivity contribution >= 4 is 51.0 Å². The van der Waals surface area contributed by atoms with Crippen LogP contribution in [-0.2, 0) is 4.99 Å². The van der Waals surface area contributed by atoms with Crippen molar-refractivity contribution in [2.75, 3.05) is 6.26 Å². The van der Waals surface area contributed by atoms with Crippen LogP contribution in [-0.4, -0.2) is 22.3 Å². The van der Waals surface area contributed by atoms with E-state index >= 15 is 0 Å². The van der Waals surface area contributed by atoms with Crippen LogP contribution in [0.5, 0.6) is 0 Å². The van der Waals surface area contributed by atoms with E-state index in [0.29, 0.717) is 0 Å². The molecule has 0 amide bonds. The van der Waals surface area contributed by atoms with Gasteiger partial charge >= 0.3 is 5.97 Å². The smallest absolute Gasteiger partial charge is 0.335 e. The highest BCUT2D eigenvalue weighted by Gasteiger charge is 2.38. The molecule has 0 bridgehead atoms. The van der Waals surface area contributed by atoms with E-state index in [1.54, 1.807) is 30.0 Å². The van der Waals surface area contributed by atoms with Crippen LogP contribution in [0.1, 0.15) is 15.9 Å². The van der Waals surface area contributed by atoms with E-state index in [4.69, 9.17) is 5.11 Å². The molecule has 0 radical (unpaired) electrons. The fourth-order valence-corrected chi connectivity index (χ4v) is 5.13. The maximum Gasteiger partial charge on any atom is 0.335 e. The number of carbonyl (C=O) groups is 1. The third-order valence-corrected chi connectivity index (χ3v) is 6.72. The molecule has 0 atom stereocenters. The minimum absolute atomic E-state index is 0.236. The monoisotopic (exact) mass is 401 g/mol. The molecule has 1 aliphatic heterocycles. The maximum absolute atomic E-state index is 11.1. The van der Waals surface area contributed by atoms with Crippen LogP contribution in [0.2, 0.25) is 0 Å². The summed E-state index contributed by atoms with van der Waals surface area (Å²) in [5.74, 6) is -0.960. The summed E-state index contributed by atoms with van der Waals surface area (Å²) in [6.45, 7) is 0. The van der Waals surface area contributed by atoms with Gasteiger partial charge in [-0.2, -0.15) is 0 Å². The Labute approximate surface area is 160 Å². The average molecular weight is 401 g/mol. The molecule has 26 heavy (non-hydrogen) atoms. The summed E-state index contributed by atoms with van der Waals surface area (Å²) in [7, 11) is 0.